The summed E-state index contributed by atoms with van der Waals surface area (Å²) < 4.78 is 0. The summed E-state index contributed by atoms with van der Waals surface area (Å²) in [7, 11) is 0. The Morgan fingerprint density at radius 1 is 0.731 bits per heavy atom. The summed E-state index contributed by atoms with van der Waals surface area (Å²) in [5, 5.41) is 13.4. The molecule has 0 atom stereocenters. The van der Waals surface area contributed by atoms with E-state index in [1.165, 1.54) is 0 Å². The lowest BCUT2D eigenvalue weighted by Crippen LogP contribution is -1.89. The van der Waals surface area contributed by atoms with Crippen molar-refractivity contribution in [1.29, 1.82) is 0 Å². The standard InChI is InChI=1S/C24H17ClO/c1-16(17-9-12-20(25)13-10-17)19-11-14-24(26)23(15-19)22-8-4-6-18-5-2-3-7-21(18)22/h2-15,26H,1H2. The first kappa shape index (κ1) is 16.4. The van der Waals surface area contributed by atoms with Crippen molar-refractivity contribution in [3.63, 3.8) is 0 Å². The minimum Gasteiger partial charge on any atom is -0.507 e. The van der Waals surface area contributed by atoms with Gasteiger partial charge in [-0.25, -0.2) is 0 Å². The summed E-state index contributed by atoms with van der Waals surface area (Å²) in [6, 6.07) is 27.5. The van der Waals surface area contributed by atoms with Gasteiger partial charge in [-0.2, -0.15) is 0 Å². The molecule has 4 rings (SSSR count). The Labute approximate surface area is 157 Å². The Morgan fingerprint density at radius 3 is 2.23 bits per heavy atom. The van der Waals surface area contributed by atoms with E-state index in [4.69, 9.17) is 11.6 Å². The molecule has 0 bridgehead atoms. The molecule has 0 fully saturated rings. The zero-order valence-corrected chi connectivity index (χ0v) is 14.9. The lowest BCUT2D eigenvalue weighted by atomic mass is 9.93. The predicted molar refractivity (Wildman–Crippen MR) is 111 cm³/mol. The summed E-state index contributed by atoms with van der Waals surface area (Å²) in [5.74, 6) is 0.258. The van der Waals surface area contributed by atoms with Crippen molar-refractivity contribution in [2.24, 2.45) is 0 Å². The van der Waals surface area contributed by atoms with Crippen LogP contribution in [0.5, 0.6) is 5.75 Å². The second-order valence-electron chi connectivity index (χ2n) is 6.24. The first-order valence-corrected chi connectivity index (χ1v) is 8.77. The monoisotopic (exact) mass is 356 g/mol. The van der Waals surface area contributed by atoms with E-state index in [2.05, 4.69) is 24.8 Å². The van der Waals surface area contributed by atoms with E-state index in [-0.39, 0.29) is 5.75 Å². The van der Waals surface area contributed by atoms with Gasteiger partial charge in [-0.1, -0.05) is 78.8 Å². The predicted octanol–water partition coefficient (Wildman–Crippen LogP) is 6.93. The molecule has 0 unspecified atom stereocenters. The maximum atomic E-state index is 10.5. The van der Waals surface area contributed by atoms with Crippen LogP contribution < -0.4 is 0 Å². The Morgan fingerprint density at radius 2 is 1.42 bits per heavy atom. The third-order valence-electron chi connectivity index (χ3n) is 4.62. The Balaban J connectivity index is 1.84. The molecule has 0 heterocycles. The number of phenolic OH excluding ortho intramolecular Hbond substituents is 1. The van der Waals surface area contributed by atoms with Crippen LogP contribution in [0.3, 0.4) is 0 Å². The highest BCUT2D eigenvalue weighted by Crippen LogP contribution is 2.37. The number of fused-ring (bicyclic) bond motifs is 1. The van der Waals surface area contributed by atoms with Crippen molar-refractivity contribution in [3.05, 3.63) is 108 Å². The third-order valence-corrected chi connectivity index (χ3v) is 4.87. The van der Waals surface area contributed by atoms with Crippen LogP contribution in [0.1, 0.15) is 11.1 Å². The van der Waals surface area contributed by atoms with Gasteiger partial charge in [-0.05, 0) is 57.3 Å². The van der Waals surface area contributed by atoms with E-state index < -0.39 is 0 Å². The normalized spacial score (nSPS) is 10.8. The van der Waals surface area contributed by atoms with E-state index >= 15 is 0 Å². The fraction of sp³-hybridized carbons (Fsp3) is 0. The van der Waals surface area contributed by atoms with Gasteiger partial charge in [-0.15, -0.1) is 0 Å². The zero-order chi connectivity index (χ0) is 18.1. The van der Waals surface area contributed by atoms with Crippen LogP contribution in [0, 0.1) is 0 Å². The van der Waals surface area contributed by atoms with E-state index in [1.807, 2.05) is 60.7 Å². The summed E-state index contributed by atoms with van der Waals surface area (Å²) in [6.07, 6.45) is 0. The van der Waals surface area contributed by atoms with Crippen molar-refractivity contribution in [1.82, 2.24) is 0 Å². The van der Waals surface area contributed by atoms with Crippen molar-refractivity contribution in [2.75, 3.05) is 0 Å². The second kappa shape index (κ2) is 6.70. The van der Waals surface area contributed by atoms with Crippen molar-refractivity contribution < 1.29 is 5.11 Å². The Kier molecular flexibility index (Phi) is 4.24. The van der Waals surface area contributed by atoms with Gasteiger partial charge in [-0.3, -0.25) is 0 Å². The van der Waals surface area contributed by atoms with E-state index in [9.17, 15) is 5.11 Å². The van der Waals surface area contributed by atoms with Crippen molar-refractivity contribution in [2.45, 2.75) is 0 Å². The van der Waals surface area contributed by atoms with Gasteiger partial charge < -0.3 is 5.11 Å². The minimum atomic E-state index is 0.258. The average Bonchev–Trinajstić information content (AvgIpc) is 2.68. The maximum Gasteiger partial charge on any atom is 0.123 e. The first-order chi connectivity index (χ1) is 12.6. The number of aromatic hydroxyl groups is 1. The molecule has 0 amide bonds. The number of hydrogen-bond donors (Lipinski definition) is 1. The van der Waals surface area contributed by atoms with Crippen LogP contribution in [0.4, 0.5) is 0 Å². The lowest BCUT2D eigenvalue weighted by Gasteiger charge is -2.13. The molecular weight excluding hydrogens is 340 g/mol. The Hall–Kier alpha value is -3.03. The van der Waals surface area contributed by atoms with Gasteiger partial charge in [0.05, 0.1) is 0 Å². The van der Waals surface area contributed by atoms with Crippen molar-refractivity contribution >= 4 is 27.9 Å². The molecule has 0 aliphatic rings. The number of benzene rings is 4. The molecule has 0 saturated heterocycles. The van der Waals surface area contributed by atoms with Crippen LogP contribution >= 0.6 is 11.6 Å². The van der Waals surface area contributed by atoms with Crippen LogP contribution in [-0.4, -0.2) is 5.11 Å². The zero-order valence-electron chi connectivity index (χ0n) is 14.1. The SMILES string of the molecule is C=C(c1ccc(Cl)cc1)c1ccc(O)c(-c2cccc3ccccc23)c1. The van der Waals surface area contributed by atoms with Gasteiger partial charge in [0.15, 0.2) is 0 Å². The highest BCUT2D eigenvalue weighted by atomic mass is 35.5. The van der Waals surface area contributed by atoms with Gasteiger partial charge in [0.1, 0.15) is 5.75 Å². The summed E-state index contributed by atoms with van der Waals surface area (Å²) >= 11 is 5.98. The molecule has 126 valence electrons. The highest BCUT2D eigenvalue weighted by molar-refractivity contribution is 6.30. The number of rotatable bonds is 3. The van der Waals surface area contributed by atoms with E-state index in [1.54, 1.807) is 6.07 Å². The van der Waals surface area contributed by atoms with Gasteiger partial charge in [0, 0.05) is 10.6 Å². The number of hydrogen-bond acceptors (Lipinski definition) is 1. The van der Waals surface area contributed by atoms with Crippen LogP contribution in [0.2, 0.25) is 5.02 Å². The summed E-state index contributed by atoms with van der Waals surface area (Å²) in [5.41, 5.74) is 4.67. The van der Waals surface area contributed by atoms with Crippen LogP contribution in [-0.2, 0) is 0 Å². The van der Waals surface area contributed by atoms with Gasteiger partial charge >= 0.3 is 0 Å². The van der Waals surface area contributed by atoms with Gasteiger partial charge in [0.2, 0.25) is 0 Å². The van der Waals surface area contributed by atoms with Crippen LogP contribution in [0.25, 0.3) is 27.5 Å². The minimum absolute atomic E-state index is 0.258. The molecule has 0 aliphatic carbocycles. The molecular formula is C24H17ClO. The van der Waals surface area contributed by atoms with E-state index in [0.717, 1.165) is 38.6 Å². The fourth-order valence-electron chi connectivity index (χ4n) is 3.22. The largest absolute Gasteiger partial charge is 0.507 e. The Bertz CT molecular complexity index is 1110. The number of halogens is 1. The molecule has 0 saturated carbocycles. The molecule has 26 heavy (non-hydrogen) atoms. The topological polar surface area (TPSA) is 20.2 Å². The first-order valence-electron chi connectivity index (χ1n) is 8.40. The fourth-order valence-corrected chi connectivity index (χ4v) is 3.34. The maximum absolute atomic E-state index is 10.5. The molecule has 4 aromatic carbocycles. The molecule has 0 spiro atoms. The third kappa shape index (κ3) is 2.98. The molecule has 1 N–H and O–H groups in total. The smallest absolute Gasteiger partial charge is 0.123 e. The molecule has 0 radical (unpaired) electrons. The number of phenols is 1. The van der Waals surface area contributed by atoms with Crippen molar-refractivity contribution in [3.8, 4) is 16.9 Å². The quantitative estimate of drug-likeness (QED) is 0.422. The van der Waals surface area contributed by atoms with E-state index in [0.29, 0.717) is 5.02 Å². The second-order valence-corrected chi connectivity index (χ2v) is 6.68. The summed E-state index contributed by atoms with van der Waals surface area (Å²) in [4.78, 5) is 0. The molecule has 0 aromatic heterocycles. The highest BCUT2D eigenvalue weighted by Gasteiger charge is 2.11. The van der Waals surface area contributed by atoms with Crippen LogP contribution in [0.15, 0.2) is 91.5 Å². The summed E-state index contributed by atoms with van der Waals surface area (Å²) in [6.45, 7) is 4.23. The lowest BCUT2D eigenvalue weighted by molar-refractivity contribution is 0.477. The molecule has 4 aromatic rings. The molecule has 0 aliphatic heterocycles. The average molecular weight is 357 g/mol. The molecule has 1 nitrogen and oxygen atoms in total. The molecule has 2 heteroatoms. The van der Waals surface area contributed by atoms with Gasteiger partial charge in [0.25, 0.3) is 0 Å².